The van der Waals surface area contributed by atoms with Crippen molar-refractivity contribution in [2.45, 2.75) is 26.1 Å². The average molecular weight is 343 g/mol. The van der Waals surface area contributed by atoms with Crippen molar-refractivity contribution in [3.05, 3.63) is 64.2 Å². The summed E-state index contributed by atoms with van der Waals surface area (Å²) < 4.78 is 41.0. The van der Waals surface area contributed by atoms with Crippen LogP contribution >= 0.6 is 11.6 Å². The summed E-state index contributed by atoms with van der Waals surface area (Å²) in [5.41, 5.74) is 2.18. The largest absolute Gasteiger partial charge is 0.573 e. The fourth-order valence-corrected chi connectivity index (χ4v) is 2.35. The van der Waals surface area contributed by atoms with Gasteiger partial charge >= 0.3 is 6.36 Å². The summed E-state index contributed by atoms with van der Waals surface area (Å²) in [5, 5.41) is 0.576. The lowest BCUT2D eigenvalue weighted by atomic mass is 9.96. The minimum absolute atomic E-state index is 0.0631. The maximum Gasteiger partial charge on any atom is 0.573 e. The average Bonchev–Trinajstić information content (AvgIpc) is 2.42. The predicted octanol–water partition coefficient (Wildman–Crippen LogP) is 4.96. The van der Waals surface area contributed by atoms with Gasteiger partial charge in [0, 0.05) is 11.4 Å². The fourth-order valence-electron chi connectivity index (χ4n) is 2.23. The minimum Gasteiger partial charge on any atom is -0.406 e. The molecule has 0 N–H and O–H groups in total. The van der Waals surface area contributed by atoms with E-state index in [1.165, 1.54) is 25.1 Å². The molecule has 0 aromatic heterocycles. The van der Waals surface area contributed by atoms with Crippen molar-refractivity contribution < 1.29 is 22.7 Å². The molecule has 0 bridgehead atoms. The highest BCUT2D eigenvalue weighted by atomic mass is 35.5. The quantitative estimate of drug-likeness (QED) is 0.767. The van der Waals surface area contributed by atoms with E-state index >= 15 is 0 Å². The van der Waals surface area contributed by atoms with Crippen LogP contribution < -0.4 is 4.74 Å². The molecular weight excluding hydrogens is 329 g/mol. The number of carbonyl (C=O) groups excluding carboxylic acids is 1. The molecule has 23 heavy (non-hydrogen) atoms. The van der Waals surface area contributed by atoms with Crippen LogP contribution in [0, 0.1) is 0 Å². The van der Waals surface area contributed by atoms with Crippen LogP contribution in [0.15, 0.2) is 42.5 Å². The smallest absolute Gasteiger partial charge is 0.406 e. The number of ether oxygens (including phenoxy) is 1. The second-order valence-electron chi connectivity index (χ2n) is 5.16. The molecule has 0 fully saturated rings. The molecule has 0 heterocycles. The highest BCUT2D eigenvalue weighted by molar-refractivity contribution is 6.30. The molecule has 2 aromatic carbocycles. The first-order valence-electron chi connectivity index (χ1n) is 6.84. The fraction of sp³-hybridized carbons (Fsp3) is 0.235. The number of hydrogen-bond donors (Lipinski definition) is 0. The highest BCUT2D eigenvalue weighted by Crippen LogP contribution is 2.27. The molecule has 0 saturated heterocycles. The van der Waals surface area contributed by atoms with Crippen LogP contribution in [0.5, 0.6) is 5.75 Å². The van der Waals surface area contributed by atoms with Crippen LogP contribution in [0.1, 0.15) is 23.6 Å². The normalized spacial score (nSPS) is 11.3. The summed E-state index contributed by atoms with van der Waals surface area (Å²) in [6.07, 6.45) is -4.20. The lowest BCUT2D eigenvalue weighted by Gasteiger charge is -2.13. The zero-order chi connectivity index (χ0) is 17.0. The molecular formula is C17H14ClF3O2. The Hall–Kier alpha value is -2.01. The zero-order valence-electron chi connectivity index (χ0n) is 12.3. The molecule has 0 aliphatic heterocycles. The molecule has 0 atom stereocenters. The van der Waals surface area contributed by atoms with E-state index in [9.17, 15) is 18.0 Å². The van der Waals surface area contributed by atoms with Gasteiger partial charge in [-0.15, -0.1) is 13.2 Å². The van der Waals surface area contributed by atoms with Gasteiger partial charge < -0.3 is 4.74 Å². The van der Waals surface area contributed by atoms with Gasteiger partial charge in [-0.3, -0.25) is 4.79 Å². The Balaban J connectivity index is 2.33. The first-order chi connectivity index (χ1) is 10.7. The van der Waals surface area contributed by atoms with Crippen molar-refractivity contribution in [2.24, 2.45) is 0 Å². The Bertz CT molecular complexity index is 694. The Labute approximate surface area is 136 Å². The molecule has 2 aromatic rings. The first-order valence-corrected chi connectivity index (χ1v) is 7.22. The molecule has 0 aliphatic rings. The first kappa shape index (κ1) is 17.3. The monoisotopic (exact) mass is 342 g/mol. The van der Waals surface area contributed by atoms with Crippen molar-refractivity contribution >= 4 is 17.4 Å². The van der Waals surface area contributed by atoms with Crippen LogP contribution in [0.25, 0.3) is 0 Å². The van der Waals surface area contributed by atoms with Gasteiger partial charge in [-0.1, -0.05) is 29.8 Å². The number of halogens is 4. The van der Waals surface area contributed by atoms with Gasteiger partial charge in [0.25, 0.3) is 0 Å². The van der Waals surface area contributed by atoms with Crippen molar-refractivity contribution in [2.75, 3.05) is 0 Å². The van der Waals surface area contributed by atoms with E-state index in [1.54, 1.807) is 24.3 Å². The Kier molecular flexibility index (Phi) is 5.31. The van der Waals surface area contributed by atoms with Gasteiger partial charge in [-0.25, -0.2) is 0 Å². The molecule has 0 unspecified atom stereocenters. The molecule has 6 heteroatoms. The van der Waals surface area contributed by atoms with Crippen molar-refractivity contribution in [3.63, 3.8) is 0 Å². The third-order valence-electron chi connectivity index (χ3n) is 3.16. The number of hydrogen-bond acceptors (Lipinski definition) is 2. The van der Waals surface area contributed by atoms with Crippen molar-refractivity contribution in [1.82, 2.24) is 0 Å². The molecule has 0 radical (unpaired) electrons. The summed E-state index contributed by atoms with van der Waals surface area (Å²) in [7, 11) is 0. The van der Waals surface area contributed by atoms with Gasteiger partial charge in [0.05, 0.1) is 0 Å². The van der Waals surface area contributed by atoms with Crippen LogP contribution in [0.3, 0.4) is 0 Å². The van der Waals surface area contributed by atoms with E-state index in [0.717, 1.165) is 5.56 Å². The summed E-state index contributed by atoms with van der Waals surface area (Å²) in [4.78, 5) is 11.3. The Morgan fingerprint density at radius 1 is 1.09 bits per heavy atom. The summed E-state index contributed by atoms with van der Waals surface area (Å²) in [5.74, 6) is -0.361. The number of rotatable bonds is 5. The second kappa shape index (κ2) is 7.04. The van der Waals surface area contributed by atoms with Crippen LogP contribution in [0.4, 0.5) is 13.2 Å². The SMILES string of the molecule is CC(=O)Cc1ccc(OC(F)(F)F)cc1Cc1ccc(Cl)cc1. The summed E-state index contributed by atoms with van der Waals surface area (Å²) in [6.45, 7) is 1.44. The maximum absolute atomic E-state index is 12.4. The molecule has 0 spiro atoms. The Morgan fingerprint density at radius 2 is 1.74 bits per heavy atom. The standard InChI is InChI=1S/C17H14ClF3O2/c1-11(22)8-13-4-7-16(23-17(19,20)21)10-14(13)9-12-2-5-15(18)6-3-12/h2-7,10H,8-9H2,1H3. The third-order valence-corrected chi connectivity index (χ3v) is 3.41. The van der Waals surface area contributed by atoms with Gasteiger partial charge in [0.2, 0.25) is 0 Å². The van der Waals surface area contributed by atoms with E-state index < -0.39 is 6.36 Å². The molecule has 2 rings (SSSR count). The van der Waals surface area contributed by atoms with E-state index in [2.05, 4.69) is 4.74 Å². The Morgan fingerprint density at radius 3 is 2.30 bits per heavy atom. The second-order valence-corrected chi connectivity index (χ2v) is 5.60. The molecule has 0 aliphatic carbocycles. The topological polar surface area (TPSA) is 26.3 Å². The van der Waals surface area contributed by atoms with E-state index in [-0.39, 0.29) is 18.0 Å². The third kappa shape index (κ3) is 5.60. The molecule has 0 saturated carbocycles. The number of Topliss-reactive ketones (excluding diaryl/α,β-unsaturated/α-hetero) is 1. The highest BCUT2D eigenvalue weighted by Gasteiger charge is 2.31. The number of benzene rings is 2. The van der Waals surface area contributed by atoms with Gasteiger partial charge in [-0.05, 0) is 54.3 Å². The predicted molar refractivity (Wildman–Crippen MR) is 81.8 cm³/mol. The van der Waals surface area contributed by atoms with Crippen LogP contribution in [-0.4, -0.2) is 12.1 Å². The van der Waals surface area contributed by atoms with Crippen LogP contribution in [-0.2, 0) is 17.6 Å². The number of alkyl halides is 3. The van der Waals surface area contributed by atoms with Gasteiger partial charge in [0.15, 0.2) is 0 Å². The zero-order valence-corrected chi connectivity index (χ0v) is 13.0. The van der Waals surface area contributed by atoms with Crippen molar-refractivity contribution in [1.29, 1.82) is 0 Å². The molecule has 2 nitrogen and oxygen atoms in total. The summed E-state index contributed by atoms with van der Waals surface area (Å²) >= 11 is 5.82. The van der Waals surface area contributed by atoms with Crippen LogP contribution in [0.2, 0.25) is 5.02 Å². The lowest BCUT2D eigenvalue weighted by Crippen LogP contribution is -2.17. The number of carbonyl (C=O) groups is 1. The van der Waals surface area contributed by atoms with Gasteiger partial charge in [-0.2, -0.15) is 0 Å². The molecule has 122 valence electrons. The van der Waals surface area contributed by atoms with Crippen molar-refractivity contribution in [3.8, 4) is 5.75 Å². The lowest BCUT2D eigenvalue weighted by molar-refractivity contribution is -0.274. The molecule has 0 amide bonds. The van der Waals surface area contributed by atoms with E-state index in [1.807, 2.05) is 0 Å². The summed E-state index contributed by atoms with van der Waals surface area (Å²) in [6, 6.07) is 11.0. The van der Waals surface area contributed by atoms with E-state index in [4.69, 9.17) is 11.6 Å². The maximum atomic E-state index is 12.4. The number of ketones is 1. The minimum atomic E-state index is -4.75. The van der Waals surface area contributed by atoms with E-state index in [0.29, 0.717) is 22.6 Å². The van der Waals surface area contributed by atoms with Gasteiger partial charge in [0.1, 0.15) is 11.5 Å².